The second-order valence-electron chi connectivity index (χ2n) is 11.1. The summed E-state index contributed by atoms with van der Waals surface area (Å²) in [6.07, 6.45) is 1.85. The molecule has 4 nitrogen and oxygen atoms in total. The first kappa shape index (κ1) is 26.6. The molecule has 1 aromatic rings. The fourth-order valence-corrected chi connectivity index (χ4v) is 7.62. The molecule has 2 saturated carbocycles. The van der Waals surface area contributed by atoms with Gasteiger partial charge in [-0.05, 0) is 85.3 Å². The number of fused-ring (bicyclic) bond motifs is 4. The summed E-state index contributed by atoms with van der Waals surface area (Å²) >= 11 is 0. The number of aliphatic hydroxyl groups is 1. The Labute approximate surface area is 216 Å². The molecule has 4 aliphatic carbocycles. The van der Waals surface area contributed by atoms with E-state index in [-0.39, 0.29) is 30.3 Å². The SMILES string of the molecule is C#CC(=O)Oc1ccc([C@H]2C[C@@]3(C)[C@@H](CC[C@@]3(O)C(F)(F)C(F)(F)F)[C@@H]3CCC4=CC(=O)CCC4=C32)cc1. The van der Waals surface area contributed by atoms with Crippen LogP contribution in [0.4, 0.5) is 22.0 Å². The number of ketones is 1. The van der Waals surface area contributed by atoms with Crippen LogP contribution in [0.2, 0.25) is 0 Å². The van der Waals surface area contributed by atoms with Crippen molar-refractivity contribution in [1.29, 1.82) is 0 Å². The smallest absolute Gasteiger partial charge is 0.417 e. The number of allylic oxidation sites excluding steroid dienone is 4. The minimum absolute atomic E-state index is 0.0136. The first-order valence-corrected chi connectivity index (χ1v) is 12.7. The minimum Gasteiger partial charge on any atom is -0.417 e. The van der Waals surface area contributed by atoms with Crippen molar-refractivity contribution in [2.24, 2.45) is 17.3 Å². The maximum atomic E-state index is 15.0. The Kier molecular flexibility index (Phi) is 6.14. The highest BCUT2D eigenvalue weighted by Crippen LogP contribution is 2.70. The molecule has 5 rings (SSSR count). The van der Waals surface area contributed by atoms with E-state index in [1.165, 1.54) is 19.1 Å². The van der Waals surface area contributed by atoms with E-state index < -0.39 is 47.3 Å². The lowest BCUT2D eigenvalue weighted by molar-refractivity contribution is -0.362. The fourth-order valence-electron chi connectivity index (χ4n) is 7.62. The molecule has 0 aromatic heterocycles. The lowest BCUT2D eigenvalue weighted by atomic mass is 9.50. The molecule has 2 fully saturated rings. The molecule has 0 aliphatic heterocycles. The zero-order valence-corrected chi connectivity index (χ0v) is 20.7. The Bertz CT molecular complexity index is 1290. The lowest BCUT2D eigenvalue weighted by Gasteiger charge is -2.56. The van der Waals surface area contributed by atoms with Gasteiger partial charge in [0.25, 0.3) is 0 Å². The summed E-state index contributed by atoms with van der Waals surface area (Å²) in [5, 5.41) is 11.3. The van der Waals surface area contributed by atoms with Gasteiger partial charge in [0.1, 0.15) is 11.4 Å². The van der Waals surface area contributed by atoms with Gasteiger partial charge in [0, 0.05) is 23.7 Å². The lowest BCUT2D eigenvalue weighted by Crippen LogP contribution is -2.65. The van der Waals surface area contributed by atoms with Gasteiger partial charge in [-0.25, -0.2) is 4.79 Å². The first-order chi connectivity index (χ1) is 17.7. The number of esters is 1. The molecule has 0 amide bonds. The van der Waals surface area contributed by atoms with Crippen molar-refractivity contribution in [3.63, 3.8) is 0 Å². The molecular formula is C29H27F5O4. The summed E-state index contributed by atoms with van der Waals surface area (Å²) in [5.74, 6) is -5.62. The molecule has 0 saturated heterocycles. The van der Waals surface area contributed by atoms with E-state index >= 15 is 8.78 Å². The van der Waals surface area contributed by atoms with Crippen molar-refractivity contribution in [2.75, 3.05) is 0 Å². The van der Waals surface area contributed by atoms with Gasteiger partial charge in [-0.2, -0.15) is 22.0 Å². The van der Waals surface area contributed by atoms with Crippen molar-refractivity contribution >= 4 is 11.8 Å². The molecule has 1 aromatic carbocycles. The summed E-state index contributed by atoms with van der Waals surface area (Å²) < 4.78 is 75.9. The molecule has 38 heavy (non-hydrogen) atoms. The Morgan fingerprint density at radius 2 is 1.79 bits per heavy atom. The largest absolute Gasteiger partial charge is 0.456 e. The number of benzene rings is 1. The summed E-state index contributed by atoms with van der Waals surface area (Å²) in [7, 11) is 0. The highest BCUT2D eigenvalue weighted by molar-refractivity contribution is 5.93. The molecule has 4 aliphatic rings. The van der Waals surface area contributed by atoms with Crippen molar-refractivity contribution in [3.05, 3.63) is 52.6 Å². The molecule has 0 radical (unpaired) electrons. The predicted octanol–water partition coefficient (Wildman–Crippen LogP) is 6.05. The van der Waals surface area contributed by atoms with Crippen molar-refractivity contribution in [3.8, 4) is 18.1 Å². The zero-order valence-electron chi connectivity index (χ0n) is 20.7. The highest BCUT2D eigenvalue weighted by atomic mass is 19.4. The minimum atomic E-state index is -5.90. The van der Waals surface area contributed by atoms with Crippen LogP contribution >= 0.6 is 0 Å². The summed E-state index contributed by atoms with van der Waals surface area (Å²) in [5.41, 5.74) is -1.52. The van der Waals surface area contributed by atoms with Crippen LogP contribution in [-0.2, 0) is 9.59 Å². The number of rotatable bonds is 3. The van der Waals surface area contributed by atoms with E-state index in [1.54, 1.807) is 18.2 Å². The number of hydrogen-bond acceptors (Lipinski definition) is 4. The van der Waals surface area contributed by atoms with Gasteiger partial charge in [0.15, 0.2) is 5.78 Å². The standard InChI is InChI=1S/C29H27F5O4/c1-3-24(36)38-19-8-4-16(5-9-19)22-15-26(2)23(12-13-27(26,37)28(30,31)29(32,33)34)21-10-6-17-14-18(35)7-11-20(17)25(21)22/h1,4-5,8-9,14,21-23,37H,6-7,10-13,15H2,2H3/t21-,22+,23-,26-,27-/m0/s1. The molecular weight excluding hydrogens is 507 g/mol. The molecule has 0 bridgehead atoms. The van der Waals surface area contributed by atoms with Crippen molar-refractivity contribution in [2.45, 2.75) is 75.5 Å². The molecule has 5 atom stereocenters. The van der Waals surface area contributed by atoms with Crippen molar-refractivity contribution in [1.82, 2.24) is 0 Å². The van der Waals surface area contributed by atoms with E-state index in [0.29, 0.717) is 31.2 Å². The quantitative estimate of drug-likeness (QED) is 0.169. The third-order valence-corrected chi connectivity index (χ3v) is 9.37. The topological polar surface area (TPSA) is 63.6 Å². The number of carbonyl (C=O) groups is 2. The molecule has 202 valence electrons. The number of ether oxygens (including phenoxy) is 1. The average Bonchev–Trinajstić information content (AvgIpc) is 3.14. The van der Waals surface area contributed by atoms with E-state index in [2.05, 4.69) is 0 Å². The van der Waals surface area contributed by atoms with Gasteiger partial charge in [-0.1, -0.05) is 24.6 Å². The Hall–Kier alpha value is -2.99. The fraction of sp³-hybridized carbons (Fsp3) is 0.517. The number of alkyl halides is 5. The molecule has 0 unspecified atom stereocenters. The molecule has 9 heteroatoms. The highest BCUT2D eigenvalue weighted by Gasteiger charge is 2.79. The van der Waals surface area contributed by atoms with Crippen LogP contribution in [0.25, 0.3) is 0 Å². The predicted molar refractivity (Wildman–Crippen MR) is 127 cm³/mol. The van der Waals surface area contributed by atoms with E-state index in [9.17, 15) is 27.9 Å². The van der Waals surface area contributed by atoms with Gasteiger partial charge in [0.05, 0.1) is 0 Å². The molecule has 1 N–H and O–H groups in total. The third kappa shape index (κ3) is 3.75. The van der Waals surface area contributed by atoms with Gasteiger partial charge < -0.3 is 9.84 Å². The average molecular weight is 535 g/mol. The third-order valence-electron chi connectivity index (χ3n) is 9.37. The van der Waals surface area contributed by atoms with Crippen LogP contribution in [0.15, 0.2) is 47.1 Å². The Balaban J connectivity index is 1.65. The number of halogens is 5. The Morgan fingerprint density at radius 1 is 1.11 bits per heavy atom. The number of terminal acetylenes is 1. The van der Waals surface area contributed by atoms with Gasteiger partial charge >= 0.3 is 18.1 Å². The van der Waals surface area contributed by atoms with E-state index in [4.69, 9.17) is 11.2 Å². The first-order valence-electron chi connectivity index (χ1n) is 12.7. The summed E-state index contributed by atoms with van der Waals surface area (Å²) in [6, 6.07) is 6.27. The monoisotopic (exact) mass is 534 g/mol. The molecule has 0 heterocycles. The second-order valence-corrected chi connectivity index (χ2v) is 11.1. The van der Waals surface area contributed by atoms with E-state index in [0.717, 1.165) is 16.7 Å². The normalized spacial score (nSPS) is 33.1. The van der Waals surface area contributed by atoms with Crippen LogP contribution < -0.4 is 4.74 Å². The summed E-state index contributed by atoms with van der Waals surface area (Å²) in [4.78, 5) is 23.6. The summed E-state index contributed by atoms with van der Waals surface area (Å²) in [6.45, 7) is 1.37. The van der Waals surface area contributed by atoms with Crippen LogP contribution in [0.5, 0.6) is 5.75 Å². The Morgan fingerprint density at radius 3 is 2.42 bits per heavy atom. The van der Waals surface area contributed by atoms with Gasteiger partial charge in [-0.15, -0.1) is 6.42 Å². The van der Waals surface area contributed by atoms with Crippen LogP contribution in [0, 0.1) is 29.6 Å². The maximum Gasteiger partial charge on any atom is 0.456 e. The van der Waals surface area contributed by atoms with E-state index in [1.807, 2.05) is 5.92 Å². The van der Waals surface area contributed by atoms with Crippen LogP contribution in [0.1, 0.15) is 63.4 Å². The number of carbonyl (C=O) groups excluding carboxylic acids is 2. The molecule has 0 spiro atoms. The van der Waals surface area contributed by atoms with Gasteiger partial charge in [-0.3, -0.25) is 4.79 Å². The second kappa shape index (κ2) is 8.77. The maximum absolute atomic E-state index is 15.0. The van der Waals surface area contributed by atoms with Crippen LogP contribution in [0.3, 0.4) is 0 Å². The van der Waals surface area contributed by atoms with Crippen molar-refractivity contribution < 1.29 is 41.4 Å². The van der Waals surface area contributed by atoms with Gasteiger partial charge in [0.2, 0.25) is 0 Å². The van der Waals surface area contributed by atoms with Crippen LogP contribution in [-0.4, -0.2) is 34.6 Å². The number of hydrogen-bond donors (Lipinski definition) is 1. The zero-order chi connectivity index (χ0) is 27.7.